The van der Waals surface area contributed by atoms with Crippen molar-refractivity contribution in [2.75, 3.05) is 6.61 Å². The van der Waals surface area contributed by atoms with Crippen LogP contribution in [0.5, 0.6) is 0 Å². The Balaban J connectivity index is 4.10. The van der Waals surface area contributed by atoms with Gasteiger partial charge >= 0.3 is 5.97 Å². The predicted octanol–water partition coefficient (Wildman–Crippen LogP) is 1.86. The van der Waals surface area contributed by atoms with E-state index in [-0.39, 0.29) is 12.6 Å². The van der Waals surface area contributed by atoms with E-state index in [4.69, 9.17) is 4.74 Å². The summed E-state index contributed by atoms with van der Waals surface area (Å²) in [4.78, 5) is 21.5. The van der Waals surface area contributed by atoms with Crippen molar-refractivity contribution in [3.05, 3.63) is 0 Å². The highest BCUT2D eigenvalue weighted by Gasteiger charge is 2.28. The highest BCUT2D eigenvalue weighted by atomic mass is 16.5. The summed E-state index contributed by atoms with van der Waals surface area (Å²) in [5.74, 6) is -0.262. The van der Waals surface area contributed by atoms with Crippen molar-refractivity contribution in [1.82, 2.24) is 0 Å². The summed E-state index contributed by atoms with van der Waals surface area (Å²) < 4.78 is 4.93. The molecule has 0 unspecified atom stereocenters. The third-order valence-electron chi connectivity index (χ3n) is 2.37. The predicted molar refractivity (Wildman–Crippen MR) is 50.0 cm³/mol. The number of hydrogen-bond donors (Lipinski definition) is 0. The van der Waals surface area contributed by atoms with Gasteiger partial charge < -0.3 is 4.74 Å². The van der Waals surface area contributed by atoms with Crippen LogP contribution in [-0.4, -0.2) is 18.9 Å². The summed E-state index contributed by atoms with van der Waals surface area (Å²) in [7, 11) is 0. The van der Waals surface area contributed by atoms with E-state index in [2.05, 4.69) is 0 Å². The number of ether oxygens (including phenoxy) is 1. The first-order valence-corrected chi connectivity index (χ1v) is 4.69. The lowest BCUT2D eigenvalue weighted by Gasteiger charge is -2.22. The zero-order valence-electron chi connectivity index (χ0n) is 8.55. The van der Waals surface area contributed by atoms with E-state index in [0.717, 1.165) is 0 Å². The minimum absolute atomic E-state index is 0.163. The van der Waals surface area contributed by atoms with Gasteiger partial charge in [0.05, 0.1) is 5.41 Å². The Hall–Kier alpha value is -0.860. The van der Waals surface area contributed by atoms with Gasteiger partial charge in [0.2, 0.25) is 6.29 Å². The molecule has 0 rings (SSSR count). The lowest BCUT2D eigenvalue weighted by Crippen LogP contribution is -2.28. The van der Waals surface area contributed by atoms with E-state index >= 15 is 0 Å². The Labute approximate surface area is 79.5 Å². The molecule has 0 aliphatic heterocycles. The van der Waals surface area contributed by atoms with Crippen molar-refractivity contribution in [1.29, 1.82) is 0 Å². The fourth-order valence-corrected chi connectivity index (χ4v) is 0.949. The first-order valence-electron chi connectivity index (χ1n) is 4.69. The van der Waals surface area contributed by atoms with Crippen LogP contribution >= 0.6 is 0 Å². The van der Waals surface area contributed by atoms with Crippen molar-refractivity contribution < 1.29 is 14.3 Å². The van der Waals surface area contributed by atoms with Crippen LogP contribution in [0.3, 0.4) is 0 Å². The Morgan fingerprint density at radius 1 is 1.31 bits per heavy atom. The Morgan fingerprint density at radius 3 is 2.15 bits per heavy atom. The van der Waals surface area contributed by atoms with Crippen molar-refractivity contribution in [2.45, 2.75) is 40.0 Å². The maximum atomic E-state index is 10.9. The van der Waals surface area contributed by atoms with Gasteiger partial charge in [0.15, 0.2) is 0 Å². The van der Waals surface area contributed by atoms with Gasteiger partial charge in [-0.15, -0.1) is 0 Å². The molecule has 0 aromatic carbocycles. The molecule has 0 aliphatic rings. The third-order valence-corrected chi connectivity index (χ3v) is 2.37. The fourth-order valence-electron chi connectivity index (χ4n) is 0.949. The minimum atomic E-state index is -0.592. The molecule has 1 radical (unpaired) electrons. The van der Waals surface area contributed by atoms with Gasteiger partial charge in [-0.1, -0.05) is 20.8 Å². The first kappa shape index (κ1) is 12.1. The highest BCUT2D eigenvalue weighted by molar-refractivity contribution is 5.69. The molecule has 0 N–H and O–H groups in total. The van der Waals surface area contributed by atoms with Crippen molar-refractivity contribution in [3.63, 3.8) is 0 Å². The van der Waals surface area contributed by atoms with E-state index in [9.17, 15) is 9.59 Å². The maximum absolute atomic E-state index is 10.9. The fraction of sp³-hybridized carbons (Fsp3) is 0.800. The van der Waals surface area contributed by atoms with Crippen molar-refractivity contribution in [3.8, 4) is 0 Å². The van der Waals surface area contributed by atoms with E-state index in [0.29, 0.717) is 19.3 Å². The third kappa shape index (κ3) is 3.57. The quantitative estimate of drug-likeness (QED) is 0.593. The number of carbonyl (C=O) groups is 1. The number of carbonyl (C=O) groups excluding carboxylic acids is 2. The van der Waals surface area contributed by atoms with Crippen molar-refractivity contribution in [2.24, 2.45) is 5.41 Å². The van der Waals surface area contributed by atoms with Gasteiger partial charge in [-0.25, -0.2) is 0 Å². The van der Waals surface area contributed by atoms with E-state index < -0.39 is 5.41 Å². The average molecular weight is 185 g/mol. The van der Waals surface area contributed by atoms with Crippen LogP contribution in [0, 0.1) is 5.41 Å². The Bertz CT molecular complexity index is 171. The molecule has 0 fully saturated rings. The van der Waals surface area contributed by atoms with Crippen LogP contribution < -0.4 is 0 Å². The first-order chi connectivity index (χ1) is 6.14. The van der Waals surface area contributed by atoms with Gasteiger partial charge in [0.1, 0.15) is 6.61 Å². The topological polar surface area (TPSA) is 43.4 Å². The zero-order chi connectivity index (χ0) is 10.3. The van der Waals surface area contributed by atoms with Crippen LogP contribution in [-0.2, 0) is 14.3 Å². The largest absolute Gasteiger partial charge is 0.465 e. The van der Waals surface area contributed by atoms with Gasteiger partial charge in [0.25, 0.3) is 0 Å². The summed E-state index contributed by atoms with van der Waals surface area (Å²) in [6.45, 7) is 5.69. The number of esters is 1. The molecule has 13 heavy (non-hydrogen) atoms. The van der Waals surface area contributed by atoms with E-state index in [1.165, 1.54) is 0 Å². The summed E-state index contributed by atoms with van der Waals surface area (Å²) in [5.41, 5.74) is -0.592. The SMILES string of the molecule is CCC(=O)OCC([C]=O)(CC)CC. The second-order valence-corrected chi connectivity index (χ2v) is 3.10. The molecule has 0 spiro atoms. The van der Waals surface area contributed by atoms with Gasteiger partial charge in [0, 0.05) is 6.42 Å². The Kier molecular flexibility index (Phi) is 5.35. The van der Waals surface area contributed by atoms with Crippen LogP contribution in [0.15, 0.2) is 0 Å². The Morgan fingerprint density at radius 2 is 1.85 bits per heavy atom. The molecule has 0 atom stereocenters. The highest BCUT2D eigenvalue weighted by Crippen LogP contribution is 2.23. The zero-order valence-corrected chi connectivity index (χ0v) is 8.55. The number of hydrogen-bond acceptors (Lipinski definition) is 3. The molecule has 0 aromatic heterocycles. The van der Waals surface area contributed by atoms with E-state index in [1.807, 2.05) is 20.1 Å². The lowest BCUT2D eigenvalue weighted by molar-refractivity contribution is -0.145. The molecule has 0 heterocycles. The second-order valence-electron chi connectivity index (χ2n) is 3.10. The van der Waals surface area contributed by atoms with Crippen LogP contribution in [0.2, 0.25) is 0 Å². The summed E-state index contributed by atoms with van der Waals surface area (Å²) in [6, 6.07) is 0. The molecular weight excluding hydrogens is 168 g/mol. The molecule has 0 amide bonds. The molecule has 0 bridgehead atoms. The van der Waals surface area contributed by atoms with Gasteiger partial charge in [-0.05, 0) is 12.8 Å². The normalized spacial score (nSPS) is 11.0. The smallest absolute Gasteiger partial charge is 0.305 e. The summed E-state index contributed by atoms with van der Waals surface area (Å²) in [6.07, 6.45) is 3.63. The molecule has 0 saturated heterocycles. The minimum Gasteiger partial charge on any atom is -0.465 e. The molecule has 3 heteroatoms. The van der Waals surface area contributed by atoms with Gasteiger partial charge in [-0.2, -0.15) is 0 Å². The molecule has 75 valence electrons. The molecule has 0 saturated carbocycles. The lowest BCUT2D eigenvalue weighted by atomic mass is 9.85. The van der Waals surface area contributed by atoms with Gasteiger partial charge in [-0.3, -0.25) is 9.59 Å². The second kappa shape index (κ2) is 5.73. The summed E-state index contributed by atoms with van der Waals surface area (Å²) in [5, 5.41) is 0. The number of rotatable bonds is 6. The maximum Gasteiger partial charge on any atom is 0.305 e. The average Bonchev–Trinajstić information content (AvgIpc) is 2.20. The standard InChI is InChI=1S/C10H17O3/c1-4-9(12)13-8-10(5-2,6-3)7-11/h4-6,8H2,1-3H3. The molecular formula is C10H17O3. The summed E-state index contributed by atoms with van der Waals surface area (Å²) >= 11 is 0. The van der Waals surface area contributed by atoms with E-state index in [1.54, 1.807) is 6.92 Å². The van der Waals surface area contributed by atoms with Crippen LogP contribution in [0.1, 0.15) is 40.0 Å². The van der Waals surface area contributed by atoms with Crippen LogP contribution in [0.4, 0.5) is 0 Å². The van der Waals surface area contributed by atoms with Crippen molar-refractivity contribution >= 4 is 12.3 Å². The monoisotopic (exact) mass is 185 g/mol. The molecule has 0 aliphatic carbocycles. The molecule has 0 aromatic rings. The molecule has 3 nitrogen and oxygen atoms in total. The van der Waals surface area contributed by atoms with Crippen LogP contribution in [0.25, 0.3) is 0 Å².